The van der Waals surface area contributed by atoms with Crippen molar-refractivity contribution in [2.45, 2.75) is 25.6 Å². The Labute approximate surface area is 93.1 Å². The van der Waals surface area contributed by atoms with Crippen molar-refractivity contribution in [2.75, 3.05) is 13.1 Å². The number of hydrogen-bond donors (Lipinski definition) is 2. The molecule has 0 saturated heterocycles. The number of aliphatic hydroxyl groups is 1. The number of carboxylic acid groups (broad SMARTS) is 1. The van der Waals surface area contributed by atoms with Crippen LogP contribution in [0, 0.1) is 0 Å². The lowest BCUT2D eigenvalue weighted by Gasteiger charge is -2.31. The van der Waals surface area contributed by atoms with Gasteiger partial charge in [-0.1, -0.05) is 0 Å². The van der Waals surface area contributed by atoms with E-state index in [9.17, 15) is 9.90 Å². The van der Waals surface area contributed by atoms with Crippen LogP contribution in [0.1, 0.15) is 12.7 Å². The summed E-state index contributed by atoms with van der Waals surface area (Å²) in [7, 11) is 0. The van der Waals surface area contributed by atoms with E-state index < -0.39 is 11.6 Å². The van der Waals surface area contributed by atoms with Crippen molar-refractivity contribution in [2.24, 2.45) is 0 Å². The van der Waals surface area contributed by atoms with Crippen LogP contribution < -0.4 is 0 Å². The molecule has 0 saturated carbocycles. The SMILES string of the molecule is CC(O)(CN1CCn2ccnc2C1)C(=O)O. The molecule has 1 aliphatic heterocycles. The number of fused-ring (bicyclic) bond motifs is 1. The van der Waals surface area contributed by atoms with Crippen molar-refractivity contribution in [3.63, 3.8) is 0 Å². The van der Waals surface area contributed by atoms with Gasteiger partial charge in [-0.2, -0.15) is 0 Å². The van der Waals surface area contributed by atoms with Crippen LogP contribution in [0.25, 0.3) is 0 Å². The van der Waals surface area contributed by atoms with Crippen LogP contribution in [0.3, 0.4) is 0 Å². The molecule has 6 heteroatoms. The second-order valence-electron chi connectivity index (χ2n) is 4.33. The normalized spacial score (nSPS) is 20.1. The van der Waals surface area contributed by atoms with Gasteiger partial charge in [0.05, 0.1) is 6.54 Å². The second kappa shape index (κ2) is 3.88. The van der Waals surface area contributed by atoms with E-state index in [2.05, 4.69) is 4.98 Å². The van der Waals surface area contributed by atoms with Gasteiger partial charge in [-0.3, -0.25) is 4.90 Å². The molecule has 2 rings (SSSR count). The summed E-state index contributed by atoms with van der Waals surface area (Å²) in [4.78, 5) is 16.9. The van der Waals surface area contributed by atoms with Gasteiger partial charge in [-0.25, -0.2) is 9.78 Å². The Hall–Kier alpha value is -1.40. The first kappa shape index (κ1) is 11.1. The number of imidazole rings is 1. The highest BCUT2D eigenvalue weighted by Crippen LogP contribution is 2.14. The van der Waals surface area contributed by atoms with Gasteiger partial charge in [0.2, 0.25) is 0 Å². The number of aliphatic carboxylic acids is 1. The average Bonchev–Trinajstić information content (AvgIpc) is 2.63. The molecule has 0 bridgehead atoms. The van der Waals surface area contributed by atoms with Crippen molar-refractivity contribution in [1.82, 2.24) is 14.5 Å². The molecule has 0 amide bonds. The second-order valence-corrected chi connectivity index (χ2v) is 4.33. The Morgan fingerprint density at radius 1 is 1.62 bits per heavy atom. The molecule has 2 N–H and O–H groups in total. The van der Waals surface area contributed by atoms with Crippen molar-refractivity contribution < 1.29 is 15.0 Å². The van der Waals surface area contributed by atoms with Gasteiger partial charge >= 0.3 is 5.97 Å². The predicted octanol–water partition coefficient (Wildman–Crippen LogP) is -0.466. The maximum Gasteiger partial charge on any atom is 0.336 e. The van der Waals surface area contributed by atoms with E-state index in [4.69, 9.17) is 5.11 Å². The first-order valence-electron chi connectivity index (χ1n) is 5.17. The summed E-state index contributed by atoms with van der Waals surface area (Å²) < 4.78 is 2.03. The summed E-state index contributed by atoms with van der Waals surface area (Å²) >= 11 is 0. The highest BCUT2D eigenvalue weighted by atomic mass is 16.4. The van der Waals surface area contributed by atoms with Gasteiger partial charge in [0.25, 0.3) is 0 Å². The summed E-state index contributed by atoms with van der Waals surface area (Å²) in [6.45, 7) is 3.53. The Kier molecular flexibility index (Phi) is 2.69. The van der Waals surface area contributed by atoms with Crippen molar-refractivity contribution in [1.29, 1.82) is 0 Å². The molecule has 0 spiro atoms. The molecule has 1 aliphatic rings. The Morgan fingerprint density at radius 2 is 2.38 bits per heavy atom. The molecule has 88 valence electrons. The summed E-state index contributed by atoms with van der Waals surface area (Å²) in [5.41, 5.74) is -1.70. The summed E-state index contributed by atoms with van der Waals surface area (Å²) in [5, 5.41) is 18.5. The van der Waals surface area contributed by atoms with E-state index in [0.717, 1.165) is 18.9 Å². The third kappa shape index (κ3) is 2.07. The van der Waals surface area contributed by atoms with Gasteiger partial charge < -0.3 is 14.8 Å². The fraction of sp³-hybridized carbons (Fsp3) is 0.600. The van der Waals surface area contributed by atoms with E-state index in [0.29, 0.717) is 6.54 Å². The highest BCUT2D eigenvalue weighted by Gasteiger charge is 2.33. The number of aromatic nitrogens is 2. The molecule has 1 atom stereocenters. The van der Waals surface area contributed by atoms with Crippen LogP contribution in [-0.4, -0.2) is 49.3 Å². The largest absolute Gasteiger partial charge is 0.479 e. The van der Waals surface area contributed by atoms with Gasteiger partial charge in [0.1, 0.15) is 5.82 Å². The minimum Gasteiger partial charge on any atom is -0.479 e. The standard InChI is InChI=1S/C10H15N3O3/c1-10(16,9(14)15)7-12-4-5-13-3-2-11-8(13)6-12/h2-3,16H,4-7H2,1H3,(H,14,15). The van der Waals surface area contributed by atoms with Crippen LogP contribution in [0.4, 0.5) is 0 Å². The average molecular weight is 225 g/mol. The van der Waals surface area contributed by atoms with E-state index in [1.54, 1.807) is 6.20 Å². The van der Waals surface area contributed by atoms with E-state index in [1.807, 2.05) is 15.7 Å². The Morgan fingerprint density at radius 3 is 3.06 bits per heavy atom. The number of carboxylic acids is 1. The van der Waals surface area contributed by atoms with Gasteiger partial charge in [-0.15, -0.1) is 0 Å². The Balaban J connectivity index is 2.02. The molecular formula is C10H15N3O3. The number of β-amino-alcohol motifs (C(OH)–C–C–N with tert-alkyl or cyclic N) is 1. The lowest BCUT2D eigenvalue weighted by molar-refractivity contribution is -0.158. The molecule has 6 nitrogen and oxygen atoms in total. The number of carbonyl (C=O) groups is 1. The lowest BCUT2D eigenvalue weighted by Crippen LogP contribution is -2.48. The zero-order valence-electron chi connectivity index (χ0n) is 9.13. The quantitative estimate of drug-likeness (QED) is 0.727. The number of nitrogens with zero attached hydrogens (tertiary/aromatic N) is 3. The van der Waals surface area contributed by atoms with Crippen LogP contribution >= 0.6 is 0 Å². The van der Waals surface area contributed by atoms with Crippen molar-refractivity contribution >= 4 is 5.97 Å². The zero-order chi connectivity index (χ0) is 11.8. The molecular weight excluding hydrogens is 210 g/mol. The summed E-state index contributed by atoms with van der Waals surface area (Å²) in [6, 6.07) is 0. The molecule has 0 fully saturated rings. The van der Waals surface area contributed by atoms with Gasteiger partial charge in [-0.05, 0) is 6.92 Å². The van der Waals surface area contributed by atoms with E-state index >= 15 is 0 Å². The smallest absolute Gasteiger partial charge is 0.336 e. The predicted molar refractivity (Wildman–Crippen MR) is 55.8 cm³/mol. The molecule has 0 aromatic carbocycles. The van der Waals surface area contributed by atoms with Gasteiger partial charge in [0, 0.05) is 32.0 Å². The molecule has 16 heavy (non-hydrogen) atoms. The molecule has 1 aromatic rings. The first-order valence-corrected chi connectivity index (χ1v) is 5.17. The minimum absolute atomic E-state index is 0.120. The number of rotatable bonds is 3. The van der Waals surface area contributed by atoms with Crippen molar-refractivity contribution in [3.8, 4) is 0 Å². The fourth-order valence-corrected chi connectivity index (χ4v) is 1.86. The molecule has 0 aliphatic carbocycles. The fourth-order valence-electron chi connectivity index (χ4n) is 1.86. The van der Waals surface area contributed by atoms with Crippen LogP contribution in [0.15, 0.2) is 12.4 Å². The topological polar surface area (TPSA) is 78.6 Å². The first-order chi connectivity index (χ1) is 7.49. The number of hydrogen-bond acceptors (Lipinski definition) is 4. The monoisotopic (exact) mass is 225 g/mol. The van der Waals surface area contributed by atoms with E-state index in [-0.39, 0.29) is 6.54 Å². The lowest BCUT2D eigenvalue weighted by atomic mass is 10.1. The molecule has 2 heterocycles. The maximum atomic E-state index is 10.8. The third-order valence-electron chi connectivity index (χ3n) is 2.82. The highest BCUT2D eigenvalue weighted by molar-refractivity contribution is 5.76. The summed E-state index contributed by atoms with van der Waals surface area (Å²) in [6.07, 6.45) is 3.64. The minimum atomic E-state index is -1.70. The summed E-state index contributed by atoms with van der Waals surface area (Å²) in [5.74, 6) is -0.283. The van der Waals surface area contributed by atoms with Crippen LogP contribution in [0.5, 0.6) is 0 Å². The Bertz CT molecular complexity index is 400. The van der Waals surface area contributed by atoms with Crippen molar-refractivity contribution in [3.05, 3.63) is 18.2 Å². The third-order valence-corrected chi connectivity index (χ3v) is 2.82. The molecule has 0 radical (unpaired) electrons. The van der Waals surface area contributed by atoms with E-state index in [1.165, 1.54) is 6.92 Å². The van der Waals surface area contributed by atoms with Gasteiger partial charge in [0.15, 0.2) is 5.60 Å². The zero-order valence-corrected chi connectivity index (χ0v) is 9.13. The van der Waals surface area contributed by atoms with Crippen LogP contribution in [-0.2, 0) is 17.9 Å². The molecule has 1 unspecified atom stereocenters. The molecule has 1 aromatic heterocycles. The maximum absolute atomic E-state index is 10.8. The van der Waals surface area contributed by atoms with Crippen LogP contribution in [0.2, 0.25) is 0 Å².